The summed E-state index contributed by atoms with van der Waals surface area (Å²) in [5, 5.41) is 22.3. The molecule has 1 aromatic carbocycles. The molecule has 4 atom stereocenters. The summed E-state index contributed by atoms with van der Waals surface area (Å²) in [6, 6.07) is 2.82. The number of hydrogen-bond donors (Lipinski definition) is 0. The fourth-order valence-electron chi connectivity index (χ4n) is 5.34. The third-order valence-corrected chi connectivity index (χ3v) is 7.38. The topological polar surface area (TPSA) is 122 Å². The van der Waals surface area contributed by atoms with Gasteiger partial charge in [0.25, 0.3) is 11.4 Å². The van der Waals surface area contributed by atoms with E-state index in [1.165, 1.54) is 5.57 Å². The fourth-order valence-corrected chi connectivity index (χ4v) is 5.34. The molecule has 9 heteroatoms. The molecule has 2 fully saturated rings. The molecule has 2 aliphatic carbocycles. The minimum absolute atomic E-state index is 0.0135. The predicted molar refractivity (Wildman–Crippen MR) is 111 cm³/mol. The van der Waals surface area contributed by atoms with Crippen LogP contribution in [0.4, 0.5) is 11.4 Å². The lowest BCUT2D eigenvalue weighted by molar-refractivity contribution is -0.394. The summed E-state index contributed by atoms with van der Waals surface area (Å²) >= 11 is 0. The summed E-state index contributed by atoms with van der Waals surface area (Å²) in [5.74, 6) is -0.833. The summed E-state index contributed by atoms with van der Waals surface area (Å²) in [7, 11) is 0. The number of nitro groups is 2. The van der Waals surface area contributed by atoms with E-state index in [0.717, 1.165) is 49.5 Å². The third-order valence-electron chi connectivity index (χ3n) is 7.38. The van der Waals surface area contributed by atoms with Gasteiger partial charge in [-0.3, -0.25) is 20.2 Å². The zero-order chi connectivity index (χ0) is 22.6. The van der Waals surface area contributed by atoms with Crippen molar-refractivity contribution in [1.29, 1.82) is 0 Å². The first-order valence-electron chi connectivity index (χ1n) is 10.2. The molecule has 164 valence electrons. The zero-order valence-electron chi connectivity index (χ0n) is 17.5. The summed E-state index contributed by atoms with van der Waals surface area (Å²) in [4.78, 5) is 33.5. The normalized spacial score (nSPS) is 31.5. The molecular weight excluding hydrogens is 404 g/mol. The average molecular weight is 428 g/mol. The molecule has 31 heavy (non-hydrogen) atoms. The number of ether oxygens (including phenoxy) is 2. The monoisotopic (exact) mass is 428 g/mol. The zero-order valence-corrected chi connectivity index (χ0v) is 17.5. The maximum atomic E-state index is 12.8. The van der Waals surface area contributed by atoms with Gasteiger partial charge in [0, 0.05) is 23.0 Å². The quantitative estimate of drug-likeness (QED) is 0.293. The minimum atomic E-state index is -0.833. The van der Waals surface area contributed by atoms with E-state index < -0.39 is 32.6 Å². The Labute approximate surface area is 179 Å². The van der Waals surface area contributed by atoms with E-state index in [1.54, 1.807) is 0 Å². The second-order valence-corrected chi connectivity index (χ2v) is 8.94. The van der Waals surface area contributed by atoms with Gasteiger partial charge in [0.15, 0.2) is 0 Å². The van der Waals surface area contributed by atoms with Crippen LogP contribution in [0.2, 0.25) is 0 Å². The van der Waals surface area contributed by atoms with Crippen molar-refractivity contribution in [2.45, 2.75) is 51.7 Å². The Morgan fingerprint density at radius 2 is 1.87 bits per heavy atom. The molecule has 0 spiro atoms. The molecule has 2 bridgehead atoms. The van der Waals surface area contributed by atoms with Crippen LogP contribution in [0.1, 0.15) is 49.9 Å². The number of carbonyl (C=O) groups excluding carboxylic acids is 1. The SMILES string of the molecule is C=C1[C@H]2CC[C@]1(C)[C@@]1(COC(=O)c3cc([N+](=O)[O-])cc([N+](=O)[O-])c3)CCC(C)=C[C@H]1O2. The van der Waals surface area contributed by atoms with E-state index in [9.17, 15) is 25.0 Å². The van der Waals surface area contributed by atoms with Crippen molar-refractivity contribution >= 4 is 17.3 Å². The first kappa shape index (κ1) is 21.2. The van der Waals surface area contributed by atoms with E-state index >= 15 is 0 Å². The van der Waals surface area contributed by atoms with Crippen molar-refractivity contribution in [2.24, 2.45) is 10.8 Å². The lowest BCUT2D eigenvalue weighted by Crippen LogP contribution is -2.57. The van der Waals surface area contributed by atoms with Gasteiger partial charge in [0.2, 0.25) is 0 Å². The van der Waals surface area contributed by atoms with Gasteiger partial charge in [-0.05, 0) is 38.2 Å². The Morgan fingerprint density at radius 1 is 1.23 bits per heavy atom. The van der Waals surface area contributed by atoms with Gasteiger partial charge in [0.1, 0.15) is 6.61 Å². The van der Waals surface area contributed by atoms with Gasteiger partial charge in [-0.15, -0.1) is 0 Å². The molecule has 0 radical (unpaired) electrons. The second kappa shape index (κ2) is 7.26. The number of nitro benzene ring substituents is 2. The number of fused-ring (bicyclic) bond motifs is 4. The van der Waals surface area contributed by atoms with Crippen LogP contribution < -0.4 is 0 Å². The summed E-state index contributed by atoms with van der Waals surface area (Å²) in [6.07, 6.45) is 5.19. The van der Waals surface area contributed by atoms with E-state index in [0.29, 0.717) is 0 Å². The van der Waals surface area contributed by atoms with Gasteiger partial charge < -0.3 is 9.47 Å². The molecule has 1 heterocycles. The summed E-state index contributed by atoms with van der Waals surface area (Å²) in [6.45, 7) is 8.51. The fraction of sp³-hybridized carbons (Fsp3) is 0.500. The second-order valence-electron chi connectivity index (χ2n) is 8.94. The van der Waals surface area contributed by atoms with Crippen LogP contribution in [0.25, 0.3) is 0 Å². The molecule has 4 rings (SSSR count). The smallest absolute Gasteiger partial charge is 0.338 e. The summed E-state index contributed by atoms with van der Waals surface area (Å²) < 4.78 is 12.0. The molecule has 3 aliphatic rings. The van der Waals surface area contributed by atoms with Crippen molar-refractivity contribution in [3.63, 3.8) is 0 Å². The van der Waals surface area contributed by atoms with Crippen molar-refractivity contribution in [2.75, 3.05) is 6.61 Å². The van der Waals surface area contributed by atoms with E-state index in [4.69, 9.17) is 9.47 Å². The van der Waals surface area contributed by atoms with Crippen LogP contribution in [0.5, 0.6) is 0 Å². The Kier molecular flexibility index (Phi) is 4.96. The first-order valence-corrected chi connectivity index (χ1v) is 10.2. The highest BCUT2D eigenvalue weighted by Crippen LogP contribution is 2.64. The number of esters is 1. The number of allylic oxidation sites excluding steroid dienone is 1. The largest absolute Gasteiger partial charge is 0.461 e. The highest BCUT2D eigenvalue weighted by atomic mass is 16.6. The standard InChI is InChI=1S/C22H24N2O7/c1-13-4-7-22(19(8-13)31-18-5-6-21(22,3)14(18)2)12-30-20(25)15-9-16(23(26)27)11-17(10-15)24(28)29/h8-11,18-19H,2,4-7,12H2,1,3H3/t18-,19-,21+,22-/m1/s1. The van der Waals surface area contributed by atoms with E-state index in [-0.39, 0.29) is 29.8 Å². The molecule has 1 aliphatic heterocycles. The van der Waals surface area contributed by atoms with Gasteiger partial charge >= 0.3 is 5.97 Å². The van der Waals surface area contributed by atoms with Crippen molar-refractivity contribution in [3.8, 4) is 0 Å². The Balaban J connectivity index is 1.64. The van der Waals surface area contributed by atoms with Gasteiger partial charge in [-0.1, -0.05) is 25.2 Å². The molecular formula is C22H24N2O7. The lowest BCUT2D eigenvalue weighted by atomic mass is 9.54. The Hall–Kier alpha value is -3.07. The Morgan fingerprint density at radius 3 is 2.48 bits per heavy atom. The van der Waals surface area contributed by atoms with Crippen LogP contribution in [0, 0.1) is 31.1 Å². The van der Waals surface area contributed by atoms with Crippen molar-refractivity contribution < 1.29 is 24.1 Å². The van der Waals surface area contributed by atoms with Crippen molar-refractivity contribution in [1.82, 2.24) is 0 Å². The summed E-state index contributed by atoms with van der Waals surface area (Å²) in [5.41, 5.74) is 0.171. The molecule has 1 saturated heterocycles. The van der Waals surface area contributed by atoms with Gasteiger partial charge in [-0.2, -0.15) is 0 Å². The number of carbonyl (C=O) groups is 1. The predicted octanol–water partition coefficient (Wildman–Crippen LogP) is 4.51. The third kappa shape index (κ3) is 3.23. The number of benzene rings is 1. The van der Waals surface area contributed by atoms with Crippen LogP contribution in [-0.2, 0) is 9.47 Å². The van der Waals surface area contributed by atoms with Crippen LogP contribution in [0.15, 0.2) is 42.0 Å². The Bertz CT molecular complexity index is 1000. The number of rotatable bonds is 5. The molecule has 0 amide bonds. The lowest BCUT2D eigenvalue weighted by Gasteiger charge is -2.56. The average Bonchev–Trinajstić information content (AvgIpc) is 2.94. The molecule has 0 aromatic heterocycles. The van der Waals surface area contributed by atoms with E-state index in [1.807, 2.05) is 0 Å². The minimum Gasteiger partial charge on any atom is -0.461 e. The van der Waals surface area contributed by atoms with Crippen LogP contribution in [0.3, 0.4) is 0 Å². The highest BCUT2D eigenvalue weighted by molar-refractivity contribution is 5.91. The maximum absolute atomic E-state index is 12.8. The van der Waals surface area contributed by atoms with E-state index in [2.05, 4.69) is 26.5 Å². The maximum Gasteiger partial charge on any atom is 0.338 e. The first-order chi connectivity index (χ1) is 14.6. The molecule has 1 saturated carbocycles. The number of non-ortho nitro benzene ring substituents is 2. The van der Waals surface area contributed by atoms with Crippen molar-refractivity contribution in [3.05, 3.63) is 67.8 Å². The van der Waals surface area contributed by atoms with Crippen LogP contribution >= 0.6 is 0 Å². The van der Waals surface area contributed by atoms with Gasteiger partial charge in [-0.25, -0.2) is 4.79 Å². The molecule has 1 aromatic rings. The number of nitrogens with zero attached hydrogens (tertiary/aromatic N) is 2. The van der Waals surface area contributed by atoms with Crippen LogP contribution in [-0.4, -0.2) is 34.6 Å². The molecule has 0 N–H and O–H groups in total. The number of hydrogen-bond acceptors (Lipinski definition) is 7. The highest BCUT2D eigenvalue weighted by Gasteiger charge is 2.63. The molecule has 9 nitrogen and oxygen atoms in total. The van der Waals surface area contributed by atoms with Gasteiger partial charge in [0.05, 0.1) is 33.7 Å². The molecule has 0 unspecified atom stereocenters.